The minimum absolute atomic E-state index is 0.133. The lowest BCUT2D eigenvalue weighted by molar-refractivity contribution is 0.413. The van der Waals surface area contributed by atoms with Crippen LogP contribution in [0.4, 0.5) is 4.39 Å². The van der Waals surface area contributed by atoms with Crippen LogP contribution in [0.3, 0.4) is 0 Å². The third kappa shape index (κ3) is 4.11. The van der Waals surface area contributed by atoms with E-state index in [1.165, 1.54) is 12.1 Å². The molecule has 34 heavy (non-hydrogen) atoms. The van der Waals surface area contributed by atoms with Gasteiger partial charge in [0.15, 0.2) is 0 Å². The van der Waals surface area contributed by atoms with Crippen molar-refractivity contribution in [2.75, 3.05) is 13.7 Å². The highest BCUT2D eigenvalue weighted by Crippen LogP contribution is 2.25. The van der Waals surface area contributed by atoms with E-state index in [2.05, 4.69) is 25.5 Å². The Balaban J connectivity index is 0.00000133. The molecule has 1 unspecified atom stereocenters. The number of ether oxygens (including phenoxy) is 1. The topological polar surface area (TPSA) is 66.3 Å². The molecule has 0 bridgehead atoms. The van der Waals surface area contributed by atoms with Gasteiger partial charge in [0, 0.05) is 28.7 Å². The lowest BCUT2D eigenvalue weighted by atomic mass is 9.81. The number of aryl methyl sites for hydroxylation is 1. The molecule has 0 fully saturated rings. The van der Waals surface area contributed by atoms with Gasteiger partial charge in [-0.1, -0.05) is 18.2 Å². The van der Waals surface area contributed by atoms with Crippen LogP contribution in [-0.2, 0) is 7.05 Å². The molecule has 1 aliphatic rings. The van der Waals surface area contributed by atoms with Crippen LogP contribution in [0.5, 0.6) is 5.75 Å². The molecule has 5 rings (SSSR count). The molecule has 0 amide bonds. The van der Waals surface area contributed by atoms with Gasteiger partial charge in [0.25, 0.3) is 5.56 Å². The molecular formula is C24H22B2FN5O2. The molecule has 1 atom stereocenters. The van der Waals surface area contributed by atoms with Crippen LogP contribution in [0, 0.1) is 12.7 Å². The van der Waals surface area contributed by atoms with Crippen LogP contribution in [0.25, 0.3) is 11.8 Å². The van der Waals surface area contributed by atoms with E-state index in [0.717, 1.165) is 22.5 Å². The van der Waals surface area contributed by atoms with Gasteiger partial charge in [0.2, 0.25) is 5.62 Å². The Kier molecular flexibility index (Phi) is 6.58. The summed E-state index contributed by atoms with van der Waals surface area (Å²) in [4.78, 5) is 22.2. The van der Waals surface area contributed by atoms with Gasteiger partial charge in [-0.2, -0.15) is 0 Å². The number of aromatic nitrogens is 4. The van der Waals surface area contributed by atoms with E-state index in [1.807, 2.05) is 49.0 Å². The second-order valence-corrected chi connectivity index (χ2v) is 7.83. The van der Waals surface area contributed by atoms with Crippen molar-refractivity contribution in [3.8, 4) is 11.4 Å². The van der Waals surface area contributed by atoms with Gasteiger partial charge < -0.3 is 13.9 Å². The van der Waals surface area contributed by atoms with Gasteiger partial charge in [0.05, 0.1) is 37.4 Å². The van der Waals surface area contributed by atoms with E-state index in [4.69, 9.17) is 4.74 Å². The largest absolute Gasteiger partial charge is 0.495 e. The van der Waals surface area contributed by atoms with Gasteiger partial charge in [-0.3, -0.25) is 9.36 Å². The number of nitrogens with zero attached hydrogens (tertiary/aromatic N) is 5. The van der Waals surface area contributed by atoms with Gasteiger partial charge in [-0.15, -0.1) is 0 Å². The highest BCUT2D eigenvalue weighted by molar-refractivity contribution is 6.75. The molecule has 4 radical (unpaired) electrons. The first kappa shape index (κ1) is 23.4. The first-order valence-electron chi connectivity index (χ1n) is 10.6. The summed E-state index contributed by atoms with van der Waals surface area (Å²) in [5.74, 6) is 0.369. The summed E-state index contributed by atoms with van der Waals surface area (Å²) in [7, 11) is 11.4. The van der Waals surface area contributed by atoms with Crippen LogP contribution < -0.4 is 21.3 Å². The highest BCUT2D eigenvalue weighted by Gasteiger charge is 2.24. The molecule has 0 spiro atoms. The smallest absolute Gasteiger partial charge is 0.277 e. The van der Waals surface area contributed by atoms with Crippen molar-refractivity contribution in [1.82, 2.24) is 18.7 Å². The van der Waals surface area contributed by atoms with Crippen molar-refractivity contribution < 1.29 is 9.13 Å². The van der Waals surface area contributed by atoms with E-state index in [0.29, 0.717) is 23.3 Å². The Labute approximate surface area is 198 Å². The zero-order valence-corrected chi connectivity index (χ0v) is 19.1. The molecule has 0 saturated carbocycles. The number of imidazole rings is 2. The molecule has 0 saturated heterocycles. The van der Waals surface area contributed by atoms with Gasteiger partial charge in [0.1, 0.15) is 16.9 Å². The summed E-state index contributed by atoms with van der Waals surface area (Å²) in [5, 5.41) is 0.517. The van der Waals surface area contributed by atoms with Crippen LogP contribution in [-0.4, -0.2) is 47.8 Å². The monoisotopic (exact) mass is 453 g/mol. The number of rotatable bonds is 4. The van der Waals surface area contributed by atoms with E-state index in [-0.39, 0.29) is 17.4 Å². The summed E-state index contributed by atoms with van der Waals surface area (Å²) in [6, 6.07) is 11.7. The predicted molar refractivity (Wildman–Crippen MR) is 130 cm³/mol. The Morgan fingerprint density at radius 2 is 1.91 bits per heavy atom. The molecule has 2 aromatic carbocycles. The zero-order chi connectivity index (χ0) is 24.4. The molecule has 0 aliphatic carbocycles. The van der Waals surface area contributed by atoms with Crippen molar-refractivity contribution >= 4 is 21.6 Å². The fraction of sp³-hybridized carbons (Fsp3) is 0.208. The van der Waals surface area contributed by atoms with E-state index >= 15 is 0 Å². The maximum absolute atomic E-state index is 13.3. The first-order chi connectivity index (χ1) is 16.5. The Morgan fingerprint density at radius 1 is 1.18 bits per heavy atom. The molecule has 168 valence electrons. The standard InChI is InChI=1S/C24H22FN5O2.B2/c1-15-13-29(14-27-15)19-9-4-16(11-22(19)32-3)10-20-23(31)30-21(12-26-24(30)28(20)2)17-5-7-18(25)8-6-17;1-2/h4-11,13-14,21H,12H2,1-3H3;/b20-10-;. The Hall–Kier alpha value is -3.81. The van der Waals surface area contributed by atoms with Crippen LogP contribution in [0.1, 0.15) is 22.9 Å². The van der Waals surface area contributed by atoms with Gasteiger partial charge >= 0.3 is 0 Å². The van der Waals surface area contributed by atoms with Crippen molar-refractivity contribution in [3.05, 3.63) is 98.9 Å². The fourth-order valence-corrected chi connectivity index (χ4v) is 4.15. The van der Waals surface area contributed by atoms with Crippen LogP contribution in [0.2, 0.25) is 0 Å². The van der Waals surface area contributed by atoms with Gasteiger partial charge in [-0.25, -0.2) is 14.4 Å². The van der Waals surface area contributed by atoms with E-state index < -0.39 is 0 Å². The average molecular weight is 453 g/mol. The lowest BCUT2D eigenvalue weighted by Crippen LogP contribution is -2.34. The third-order valence-corrected chi connectivity index (χ3v) is 5.78. The maximum Gasteiger partial charge on any atom is 0.277 e. The number of hydrogen-bond acceptors (Lipinski definition) is 4. The van der Waals surface area contributed by atoms with Crippen molar-refractivity contribution in [3.63, 3.8) is 0 Å². The molecule has 4 aromatic rings. The quantitative estimate of drug-likeness (QED) is 0.436. The lowest BCUT2D eigenvalue weighted by Gasteiger charge is -2.11. The SMILES string of the molecule is COc1cc(/C=c2/c(=O)n3c(n2C)=NCC3c2ccc(F)cc2)ccc1-n1cnc(C)c1.[B][B]. The summed E-state index contributed by atoms with van der Waals surface area (Å²) in [6.45, 7) is 2.38. The minimum atomic E-state index is -0.304. The number of fused-ring (bicyclic) bond motifs is 1. The summed E-state index contributed by atoms with van der Waals surface area (Å²) in [5.41, 5.74) is 3.93. The summed E-state index contributed by atoms with van der Waals surface area (Å²) >= 11 is 0. The highest BCUT2D eigenvalue weighted by atomic mass is 19.1. The Morgan fingerprint density at radius 3 is 2.56 bits per heavy atom. The van der Waals surface area contributed by atoms with E-state index in [1.54, 1.807) is 34.7 Å². The fourth-order valence-electron chi connectivity index (χ4n) is 4.15. The first-order valence-corrected chi connectivity index (χ1v) is 10.6. The second kappa shape index (κ2) is 9.59. The minimum Gasteiger partial charge on any atom is -0.495 e. The third-order valence-electron chi connectivity index (χ3n) is 5.78. The molecule has 3 heterocycles. The summed E-state index contributed by atoms with van der Waals surface area (Å²) in [6.07, 6.45) is 5.49. The number of hydrogen-bond donors (Lipinski definition) is 0. The number of benzene rings is 2. The molecule has 7 nitrogen and oxygen atoms in total. The number of methoxy groups -OCH3 is 1. The molecule has 2 aromatic heterocycles. The van der Waals surface area contributed by atoms with E-state index in [9.17, 15) is 9.18 Å². The molecule has 10 heteroatoms. The van der Waals surface area contributed by atoms with Gasteiger partial charge in [-0.05, 0) is 48.4 Å². The second-order valence-electron chi connectivity index (χ2n) is 7.83. The van der Waals surface area contributed by atoms with Crippen molar-refractivity contribution in [2.45, 2.75) is 13.0 Å². The van der Waals surface area contributed by atoms with Crippen molar-refractivity contribution in [2.24, 2.45) is 12.0 Å². The zero-order valence-electron chi connectivity index (χ0n) is 19.1. The molecular weight excluding hydrogens is 431 g/mol. The predicted octanol–water partition coefficient (Wildman–Crippen LogP) is 1.12. The number of halogens is 1. The normalized spacial score (nSPS) is 14.8. The average Bonchev–Trinajstić information content (AvgIpc) is 3.55. The van der Waals surface area contributed by atoms with Crippen molar-refractivity contribution in [1.29, 1.82) is 0 Å². The molecule has 0 N–H and O–H groups in total. The van der Waals surface area contributed by atoms with Crippen LogP contribution in [0.15, 0.2) is 64.8 Å². The maximum atomic E-state index is 13.3. The van der Waals surface area contributed by atoms with Crippen LogP contribution >= 0.6 is 0 Å². The summed E-state index contributed by atoms with van der Waals surface area (Å²) < 4.78 is 24.3. The molecule has 1 aliphatic heterocycles. The Bertz CT molecular complexity index is 1510.